The summed E-state index contributed by atoms with van der Waals surface area (Å²) in [5.74, 6) is -1.06. The summed E-state index contributed by atoms with van der Waals surface area (Å²) in [6, 6.07) is 4.74. The molecule has 1 aliphatic rings. The molecule has 1 aliphatic heterocycles. The average Bonchev–Trinajstić information content (AvgIpc) is 2.47. The van der Waals surface area contributed by atoms with Gasteiger partial charge >= 0.3 is 12.1 Å². The Labute approximate surface area is 131 Å². The number of carbonyl (C=O) groups excluding carboxylic acids is 1. The molecule has 0 radical (unpaired) electrons. The largest absolute Gasteiger partial charge is 0.481 e. The van der Waals surface area contributed by atoms with Crippen molar-refractivity contribution in [1.82, 2.24) is 9.80 Å². The van der Waals surface area contributed by atoms with Crippen LogP contribution in [0.15, 0.2) is 24.3 Å². The Balaban J connectivity index is 1.89. The summed E-state index contributed by atoms with van der Waals surface area (Å²) >= 11 is 0. The summed E-state index contributed by atoms with van der Waals surface area (Å²) in [4.78, 5) is 25.9. The normalized spacial score (nSPS) is 16.7. The zero-order valence-corrected chi connectivity index (χ0v) is 12.3. The fraction of sp³-hybridized carbons (Fsp3) is 0.467. The van der Waals surface area contributed by atoms with E-state index in [0.29, 0.717) is 25.2 Å². The molecule has 1 heterocycles. The molecular formula is C15H17F3N2O3. The molecule has 1 amide bonds. The third-order valence-electron chi connectivity index (χ3n) is 3.69. The SMILES string of the molecule is O=C(O)CCN1CCN(Cc2ccc(C(F)(F)F)cc2)C(=O)C1. The molecule has 0 atom stereocenters. The van der Waals surface area contributed by atoms with Crippen molar-refractivity contribution in [3.63, 3.8) is 0 Å². The lowest BCUT2D eigenvalue weighted by Gasteiger charge is -2.34. The first-order valence-corrected chi connectivity index (χ1v) is 7.14. The van der Waals surface area contributed by atoms with E-state index in [1.54, 1.807) is 9.80 Å². The van der Waals surface area contributed by atoms with Crippen molar-refractivity contribution in [3.8, 4) is 0 Å². The van der Waals surface area contributed by atoms with Gasteiger partial charge in [-0.15, -0.1) is 0 Å². The van der Waals surface area contributed by atoms with Gasteiger partial charge in [-0.25, -0.2) is 0 Å². The summed E-state index contributed by atoms with van der Waals surface area (Å²) in [5, 5.41) is 8.63. The Bertz CT molecular complexity index is 572. The van der Waals surface area contributed by atoms with Gasteiger partial charge in [0, 0.05) is 26.2 Å². The first-order valence-electron chi connectivity index (χ1n) is 7.14. The van der Waals surface area contributed by atoms with Crippen molar-refractivity contribution >= 4 is 11.9 Å². The van der Waals surface area contributed by atoms with E-state index < -0.39 is 17.7 Å². The summed E-state index contributed by atoms with van der Waals surface area (Å²) in [7, 11) is 0. The van der Waals surface area contributed by atoms with Crippen LogP contribution in [0.5, 0.6) is 0 Å². The number of piperazine rings is 1. The van der Waals surface area contributed by atoms with Crippen LogP contribution >= 0.6 is 0 Å². The van der Waals surface area contributed by atoms with Gasteiger partial charge in [-0.1, -0.05) is 12.1 Å². The Morgan fingerprint density at radius 2 is 1.83 bits per heavy atom. The zero-order chi connectivity index (χ0) is 17.0. The quantitative estimate of drug-likeness (QED) is 0.895. The highest BCUT2D eigenvalue weighted by molar-refractivity contribution is 5.79. The standard InChI is InChI=1S/C15H17F3N2O3/c16-15(17,18)12-3-1-11(2-4-12)9-20-8-7-19(10-13(20)21)6-5-14(22)23/h1-4H,5-10H2,(H,22,23). The van der Waals surface area contributed by atoms with Crippen molar-refractivity contribution in [3.05, 3.63) is 35.4 Å². The second-order valence-corrected chi connectivity index (χ2v) is 5.43. The lowest BCUT2D eigenvalue weighted by atomic mass is 10.1. The average molecular weight is 330 g/mol. The van der Waals surface area contributed by atoms with Gasteiger partial charge in [-0.05, 0) is 17.7 Å². The third-order valence-corrected chi connectivity index (χ3v) is 3.69. The molecule has 2 rings (SSSR count). The Morgan fingerprint density at radius 1 is 1.17 bits per heavy atom. The number of rotatable bonds is 5. The first kappa shape index (κ1) is 17.3. The number of carboxylic acid groups (broad SMARTS) is 1. The van der Waals surface area contributed by atoms with Gasteiger partial charge < -0.3 is 10.0 Å². The van der Waals surface area contributed by atoms with Crippen molar-refractivity contribution in [2.75, 3.05) is 26.2 Å². The van der Waals surface area contributed by atoms with E-state index in [9.17, 15) is 22.8 Å². The molecule has 0 unspecified atom stereocenters. The van der Waals surface area contributed by atoms with Crippen molar-refractivity contribution in [2.45, 2.75) is 19.1 Å². The lowest BCUT2D eigenvalue weighted by molar-refractivity contribution is -0.140. The van der Waals surface area contributed by atoms with Crippen LogP contribution in [0, 0.1) is 0 Å². The summed E-state index contributed by atoms with van der Waals surface area (Å²) in [5.41, 5.74) is -0.0867. The topological polar surface area (TPSA) is 60.9 Å². The number of hydrogen-bond donors (Lipinski definition) is 1. The van der Waals surface area contributed by atoms with Gasteiger partial charge in [0.05, 0.1) is 18.5 Å². The molecule has 1 fully saturated rings. The van der Waals surface area contributed by atoms with E-state index >= 15 is 0 Å². The molecule has 23 heavy (non-hydrogen) atoms. The molecule has 5 nitrogen and oxygen atoms in total. The van der Waals surface area contributed by atoms with E-state index in [1.165, 1.54) is 12.1 Å². The zero-order valence-electron chi connectivity index (χ0n) is 12.3. The maximum Gasteiger partial charge on any atom is 0.416 e. The van der Waals surface area contributed by atoms with Crippen LogP contribution in [0.25, 0.3) is 0 Å². The van der Waals surface area contributed by atoms with Crippen molar-refractivity contribution in [2.24, 2.45) is 0 Å². The van der Waals surface area contributed by atoms with Gasteiger partial charge in [0.1, 0.15) is 0 Å². The molecule has 0 aromatic heterocycles. The number of hydrogen-bond acceptors (Lipinski definition) is 3. The molecule has 1 aromatic carbocycles. The molecule has 0 aliphatic carbocycles. The summed E-state index contributed by atoms with van der Waals surface area (Å²) in [6.45, 7) is 1.69. The second-order valence-electron chi connectivity index (χ2n) is 5.43. The third kappa shape index (κ3) is 4.95. The van der Waals surface area contributed by atoms with Gasteiger partial charge in [-0.2, -0.15) is 13.2 Å². The molecule has 8 heteroatoms. The van der Waals surface area contributed by atoms with Gasteiger partial charge in [-0.3, -0.25) is 14.5 Å². The van der Waals surface area contributed by atoms with Gasteiger partial charge in [0.2, 0.25) is 5.91 Å². The van der Waals surface area contributed by atoms with Crippen LogP contribution in [-0.2, 0) is 22.3 Å². The number of amides is 1. The number of carbonyl (C=O) groups is 2. The smallest absolute Gasteiger partial charge is 0.416 e. The Morgan fingerprint density at radius 3 is 2.35 bits per heavy atom. The van der Waals surface area contributed by atoms with Gasteiger partial charge in [0.25, 0.3) is 0 Å². The monoisotopic (exact) mass is 330 g/mol. The van der Waals surface area contributed by atoms with E-state index in [2.05, 4.69) is 0 Å². The molecule has 0 spiro atoms. The molecule has 1 N–H and O–H groups in total. The molecule has 1 saturated heterocycles. The number of carboxylic acids is 1. The van der Waals surface area contributed by atoms with Crippen LogP contribution in [0.4, 0.5) is 13.2 Å². The fourth-order valence-corrected chi connectivity index (χ4v) is 2.39. The minimum atomic E-state index is -4.37. The van der Waals surface area contributed by atoms with Crippen molar-refractivity contribution < 1.29 is 27.9 Å². The minimum absolute atomic E-state index is 0.0216. The van der Waals surface area contributed by atoms with Crippen LogP contribution in [0.3, 0.4) is 0 Å². The predicted molar refractivity (Wildman–Crippen MR) is 75.6 cm³/mol. The predicted octanol–water partition coefficient (Wildman–Crippen LogP) is 1.82. The van der Waals surface area contributed by atoms with E-state index in [0.717, 1.165) is 12.1 Å². The molecule has 1 aromatic rings. The first-order chi connectivity index (χ1) is 10.8. The maximum absolute atomic E-state index is 12.5. The van der Waals surface area contributed by atoms with Crippen LogP contribution in [-0.4, -0.2) is 53.0 Å². The Hall–Kier alpha value is -2.09. The number of nitrogens with zero attached hydrogens (tertiary/aromatic N) is 2. The highest BCUT2D eigenvalue weighted by Crippen LogP contribution is 2.29. The summed E-state index contributed by atoms with van der Waals surface area (Å²) in [6.07, 6.45) is -4.39. The van der Waals surface area contributed by atoms with Crippen LogP contribution in [0.2, 0.25) is 0 Å². The molecule has 126 valence electrons. The Kier molecular flexibility index (Phi) is 5.25. The number of alkyl halides is 3. The number of halogens is 3. The molecule has 0 bridgehead atoms. The maximum atomic E-state index is 12.5. The summed E-state index contributed by atoms with van der Waals surface area (Å²) < 4.78 is 37.5. The number of benzene rings is 1. The second kappa shape index (κ2) is 6.99. The fourth-order valence-electron chi connectivity index (χ4n) is 2.39. The van der Waals surface area contributed by atoms with E-state index in [1.807, 2.05) is 0 Å². The number of aliphatic carboxylic acids is 1. The molecule has 0 saturated carbocycles. The van der Waals surface area contributed by atoms with Crippen LogP contribution in [0.1, 0.15) is 17.5 Å². The highest BCUT2D eigenvalue weighted by Gasteiger charge is 2.30. The van der Waals surface area contributed by atoms with E-state index in [4.69, 9.17) is 5.11 Å². The minimum Gasteiger partial charge on any atom is -0.481 e. The van der Waals surface area contributed by atoms with E-state index in [-0.39, 0.29) is 25.4 Å². The van der Waals surface area contributed by atoms with Gasteiger partial charge in [0.15, 0.2) is 0 Å². The van der Waals surface area contributed by atoms with Crippen molar-refractivity contribution in [1.29, 1.82) is 0 Å². The lowest BCUT2D eigenvalue weighted by Crippen LogP contribution is -2.50. The molecular weight excluding hydrogens is 313 g/mol. The van der Waals surface area contributed by atoms with Crippen LogP contribution < -0.4 is 0 Å². The highest BCUT2D eigenvalue weighted by atomic mass is 19.4.